The van der Waals surface area contributed by atoms with Crippen LogP contribution in [0, 0.1) is 0 Å². The van der Waals surface area contributed by atoms with Crippen molar-refractivity contribution in [2.24, 2.45) is 0 Å². The lowest BCUT2D eigenvalue weighted by Gasteiger charge is -2.26. The van der Waals surface area contributed by atoms with Gasteiger partial charge in [0.1, 0.15) is 0 Å². The normalized spacial score (nSPS) is 24.1. The van der Waals surface area contributed by atoms with Gasteiger partial charge in [-0.2, -0.15) is 0 Å². The van der Waals surface area contributed by atoms with Crippen LogP contribution in [-0.2, 0) is 16.1 Å². The molecule has 0 amide bonds. The fraction of sp³-hybridized carbons (Fsp3) is 0.385. The number of carbonyl (C=O) groups excluding carboxylic acids is 2. The zero-order valence-corrected chi connectivity index (χ0v) is 11.2. The van der Waals surface area contributed by atoms with Crippen molar-refractivity contribution in [1.82, 2.24) is 4.90 Å². The number of carbonyl (C=O) groups is 2. The van der Waals surface area contributed by atoms with E-state index in [2.05, 4.69) is 0 Å². The summed E-state index contributed by atoms with van der Waals surface area (Å²) >= 11 is 11.2. The van der Waals surface area contributed by atoms with Gasteiger partial charge in [-0.25, -0.2) is 0 Å². The molecule has 0 aliphatic carbocycles. The first-order chi connectivity index (χ1) is 8.59. The summed E-state index contributed by atoms with van der Waals surface area (Å²) in [6.07, 6.45) is 1.16. The van der Waals surface area contributed by atoms with Crippen LogP contribution in [0.1, 0.15) is 18.4 Å². The minimum atomic E-state index is -0.425. The molecule has 0 radical (unpaired) electrons. The molecule has 0 aromatic heterocycles. The van der Waals surface area contributed by atoms with E-state index in [4.69, 9.17) is 23.2 Å². The van der Waals surface area contributed by atoms with Crippen LogP contribution in [-0.4, -0.2) is 27.5 Å². The van der Waals surface area contributed by atoms with Crippen molar-refractivity contribution in [2.75, 3.05) is 0 Å². The average Bonchev–Trinajstić information content (AvgIpc) is 2.74. The van der Waals surface area contributed by atoms with Crippen LogP contribution in [0.2, 0.25) is 0 Å². The summed E-state index contributed by atoms with van der Waals surface area (Å²) < 4.78 is 0. The van der Waals surface area contributed by atoms with Gasteiger partial charge in [0.05, 0.1) is 12.1 Å². The van der Waals surface area contributed by atoms with Crippen LogP contribution in [0.15, 0.2) is 30.3 Å². The molecule has 1 aliphatic rings. The Kier molecular flexibility index (Phi) is 4.38. The second-order valence-corrected chi connectivity index (χ2v) is 5.12. The van der Waals surface area contributed by atoms with Crippen molar-refractivity contribution in [1.29, 1.82) is 0 Å². The third-order valence-corrected chi connectivity index (χ3v) is 3.75. The Hall–Kier alpha value is -0.900. The first-order valence-corrected chi connectivity index (χ1v) is 6.53. The molecular formula is C13H13Cl2NO2. The Balaban J connectivity index is 2.19. The first kappa shape index (κ1) is 13.5. The molecule has 1 heterocycles. The number of benzene rings is 1. The number of hydrogen-bond acceptors (Lipinski definition) is 3. The van der Waals surface area contributed by atoms with Gasteiger partial charge in [-0.1, -0.05) is 30.3 Å². The summed E-state index contributed by atoms with van der Waals surface area (Å²) in [4.78, 5) is 24.6. The van der Waals surface area contributed by atoms with Gasteiger partial charge in [0, 0.05) is 6.54 Å². The molecule has 18 heavy (non-hydrogen) atoms. The van der Waals surface area contributed by atoms with Gasteiger partial charge in [-0.15, -0.1) is 0 Å². The predicted molar refractivity (Wildman–Crippen MR) is 70.5 cm³/mol. The fourth-order valence-corrected chi connectivity index (χ4v) is 2.84. The lowest BCUT2D eigenvalue weighted by atomic mass is 10.2. The van der Waals surface area contributed by atoms with Crippen LogP contribution in [0.3, 0.4) is 0 Å². The molecule has 1 aromatic rings. The second kappa shape index (κ2) is 5.83. The highest BCUT2D eigenvalue weighted by Gasteiger charge is 2.39. The molecule has 1 saturated heterocycles. The molecule has 1 aromatic carbocycles. The molecule has 3 nitrogen and oxygen atoms in total. The summed E-state index contributed by atoms with van der Waals surface area (Å²) in [6.45, 7) is 0.507. The number of halogens is 2. The van der Waals surface area contributed by atoms with Crippen molar-refractivity contribution in [3.05, 3.63) is 35.9 Å². The van der Waals surface area contributed by atoms with Crippen LogP contribution in [0.5, 0.6) is 0 Å². The molecule has 1 aliphatic heterocycles. The monoisotopic (exact) mass is 285 g/mol. The van der Waals surface area contributed by atoms with Gasteiger partial charge in [-0.05, 0) is 41.6 Å². The largest absolute Gasteiger partial charge is 0.280 e. The summed E-state index contributed by atoms with van der Waals surface area (Å²) in [5.74, 6) is 0. The SMILES string of the molecule is O=C(Cl)C1CCC(C(=O)Cl)N1Cc1ccccc1. The number of nitrogens with zero attached hydrogens (tertiary/aromatic N) is 1. The Morgan fingerprint density at radius 1 is 1.06 bits per heavy atom. The lowest BCUT2D eigenvalue weighted by molar-refractivity contribution is -0.119. The Morgan fingerprint density at radius 2 is 1.56 bits per heavy atom. The van der Waals surface area contributed by atoms with Gasteiger partial charge in [0.2, 0.25) is 10.5 Å². The topological polar surface area (TPSA) is 37.4 Å². The molecule has 1 fully saturated rings. The predicted octanol–water partition coefficient (Wildman–Crippen LogP) is 2.55. The zero-order chi connectivity index (χ0) is 13.1. The Morgan fingerprint density at radius 3 is 2.00 bits per heavy atom. The fourth-order valence-electron chi connectivity index (χ4n) is 2.37. The summed E-state index contributed by atoms with van der Waals surface area (Å²) in [7, 11) is 0. The van der Waals surface area contributed by atoms with E-state index < -0.39 is 22.6 Å². The summed E-state index contributed by atoms with van der Waals surface area (Å²) in [6, 6.07) is 8.82. The maximum absolute atomic E-state index is 11.4. The summed E-state index contributed by atoms with van der Waals surface area (Å²) in [5.41, 5.74) is 1.03. The van der Waals surface area contributed by atoms with Crippen LogP contribution in [0.25, 0.3) is 0 Å². The molecule has 2 unspecified atom stereocenters. The van der Waals surface area contributed by atoms with E-state index >= 15 is 0 Å². The van der Waals surface area contributed by atoms with E-state index in [0.717, 1.165) is 5.56 Å². The lowest BCUT2D eigenvalue weighted by Crippen LogP contribution is -2.41. The van der Waals surface area contributed by atoms with E-state index in [-0.39, 0.29) is 0 Å². The minimum absolute atomic E-state index is 0.417. The van der Waals surface area contributed by atoms with E-state index in [9.17, 15) is 9.59 Å². The highest BCUT2D eigenvalue weighted by atomic mass is 35.5. The molecule has 2 rings (SSSR count). The molecule has 0 spiro atoms. The standard InChI is InChI=1S/C13H13Cl2NO2/c14-12(17)10-6-7-11(13(15)18)16(10)8-9-4-2-1-3-5-9/h1-5,10-11H,6-8H2. The smallest absolute Gasteiger partial charge is 0.238 e. The van der Waals surface area contributed by atoms with Crippen molar-refractivity contribution in [3.8, 4) is 0 Å². The molecule has 5 heteroatoms. The maximum Gasteiger partial charge on any atom is 0.238 e. The van der Waals surface area contributed by atoms with Crippen LogP contribution < -0.4 is 0 Å². The maximum atomic E-state index is 11.4. The highest BCUT2D eigenvalue weighted by molar-refractivity contribution is 6.66. The Labute approximate surface area is 116 Å². The number of likely N-dealkylation sites (tertiary alicyclic amines) is 1. The first-order valence-electron chi connectivity index (χ1n) is 5.78. The van der Waals surface area contributed by atoms with Crippen molar-refractivity contribution >= 4 is 33.7 Å². The van der Waals surface area contributed by atoms with Crippen LogP contribution >= 0.6 is 23.2 Å². The van der Waals surface area contributed by atoms with Gasteiger partial charge in [-0.3, -0.25) is 14.5 Å². The average molecular weight is 286 g/mol. The number of hydrogen-bond donors (Lipinski definition) is 0. The van der Waals surface area contributed by atoms with Crippen molar-refractivity contribution in [2.45, 2.75) is 31.5 Å². The van der Waals surface area contributed by atoms with Crippen molar-refractivity contribution in [3.63, 3.8) is 0 Å². The van der Waals surface area contributed by atoms with E-state index in [0.29, 0.717) is 19.4 Å². The van der Waals surface area contributed by atoms with E-state index in [1.807, 2.05) is 30.3 Å². The number of rotatable bonds is 4. The van der Waals surface area contributed by atoms with Gasteiger partial charge in [0.25, 0.3) is 0 Å². The van der Waals surface area contributed by atoms with Crippen molar-refractivity contribution < 1.29 is 9.59 Å². The quantitative estimate of drug-likeness (QED) is 0.798. The zero-order valence-electron chi connectivity index (χ0n) is 9.68. The van der Waals surface area contributed by atoms with Crippen LogP contribution in [0.4, 0.5) is 0 Å². The molecule has 0 saturated carbocycles. The molecule has 96 valence electrons. The van der Waals surface area contributed by atoms with Gasteiger partial charge in [0.15, 0.2) is 0 Å². The van der Waals surface area contributed by atoms with E-state index in [1.54, 1.807) is 4.90 Å². The highest BCUT2D eigenvalue weighted by Crippen LogP contribution is 2.29. The molecular weight excluding hydrogens is 273 g/mol. The molecule has 0 N–H and O–H groups in total. The summed E-state index contributed by atoms with van der Waals surface area (Å²) in [5, 5.41) is -0.849. The Bertz CT molecular complexity index is 428. The third kappa shape index (κ3) is 2.91. The van der Waals surface area contributed by atoms with E-state index in [1.165, 1.54) is 0 Å². The minimum Gasteiger partial charge on any atom is -0.280 e. The van der Waals surface area contributed by atoms with Gasteiger partial charge < -0.3 is 0 Å². The molecule has 2 atom stereocenters. The van der Waals surface area contributed by atoms with Gasteiger partial charge >= 0.3 is 0 Å². The third-order valence-electron chi connectivity index (χ3n) is 3.25. The molecule has 0 bridgehead atoms. The second-order valence-electron chi connectivity index (χ2n) is 4.38.